The predicted octanol–water partition coefficient (Wildman–Crippen LogP) is 10.7. The maximum Gasteiger partial charge on any atom is 0.252 e. The maximum atomic E-state index is 8.50. The Labute approximate surface area is 319 Å². The molecule has 10 rings (SSSR count). The highest BCUT2D eigenvalue weighted by molar-refractivity contribution is 7.00. The van der Waals surface area contributed by atoms with Crippen LogP contribution < -0.4 is 26.2 Å². The van der Waals surface area contributed by atoms with Gasteiger partial charge in [0.15, 0.2) is 0 Å². The lowest BCUT2D eigenvalue weighted by atomic mass is 9.33. The molecule has 2 aliphatic heterocycles. The smallest absolute Gasteiger partial charge is 0.252 e. The van der Waals surface area contributed by atoms with Crippen LogP contribution in [0.4, 0.5) is 22.7 Å². The summed E-state index contributed by atoms with van der Waals surface area (Å²) in [6.45, 7) is 0.165. The number of benzene rings is 8. The fraction of sp³-hybridized carbons (Fsp3) is 0.0400. The minimum Gasteiger partial charge on any atom is -0.345 e. The van der Waals surface area contributed by atoms with Crippen LogP contribution in [0, 0.1) is 0 Å². The molecule has 0 N–H and O–H groups in total. The zero-order chi connectivity index (χ0) is 39.8. The fourth-order valence-electron chi connectivity index (χ4n) is 8.34. The van der Waals surface area contributed by atoms with Crippen molar-refractivity contribution in [1.29, 1.82) is 0 Å². The number of fused-ring (bicyclic) bond motifs is 4. The van der Waals surface area contributed by atoms with Crippen molar-refractivity contribution in [3.05, 3.63) is 188 Å². The Kier molecular flexibility index (Phi) is 6.23. The van der Waals surface area contributed by atoms with E-state index in [9.17, 15) is 0 Å². The average Bonchev–Trinajstić information content (AvgIpc) is 3.27. The largest absolute Gasteiger partial charge is 0.345 e. The average molecular weight is 682 g/mol. The standard InChI is InChI=1S/C50H37BN2/c1-52-46-26-8-6-24-44(46)51-45-25-7-9-27-47(45)53(2)49-33-43(32-48(52)50(49)51)42-23-13-22-41(31-42)40-21-12-20-39(30-40)38-19-11-18-37(29-38)36-17-10-16-35(28-36)34-14-4-3-5-15-34/h3-33H,1-2H3/i3D,4D,5D,14D,15D. The molecule has 53 heavy (non-hydrogen) atoms. The third-order valence-corrected chi connectivity index (χ3v) is 10.9. The van der Waals surface area contributed by atoms with Crippen molar-refractivity contribution in [3.63, 3.8) is 0 Å². The van der Waals surface area contributed by atoms with Gasteiger partial charge in [-0.2, -0.15) is 0 Å². The van der Waals surface area contributed by atoms with E-state index >= 15 is 0 Å². The molecule has 250 valence electrons. The van der Waals surface area contributed by atoms with Crippen molar-refractivity contribution in [2.45, 2.75) is 0 Å². The molecule has 2 nitrogen and oxygen atoms in total. The summed E-state index contributed by atoms with van der Waals surface area (Å²) < 4.78 is 41.3. The minimum atomic E-state index is -0.392. The number of hydrogen-bond donors (Lipinski definition) is 0. The van der Waals surface area contributed by atoms with Gasteiger partial charge in [0.1, 0.15) is 0 Å². The lowest BCUT2D eigenvalue weighted by molar-refractivity contribution is 1.18. The molecule has 0 amide bonds. The van der Waals surface area contributed by atoms with E-state index in [1.165, 1.54) is 44.7 Å². The molecule has 0 radical (unpaired) electrons. The van der Waals surface area contributed by atoms with Crippen molar-refractivity contribution >= 4 is 45.9 Å². The molecular formula is C50H37BN2. The van der Waals surface area contributed by atoms with Gasteiger partial charge in [-0.05, 0) is 121 Å². The number of nitrogens with zero attached hydrogens (tertiary/aromatic N) is 2. The monoisotopic (exact) mass is 681 g/mol. The van der Waals surface area contributed by atoms with E-state index in [0.717, 1.165) is 38.9 Å². The highest BCUT2D eigenvalue weighted by Crippen LogP contribution is 2.40. The second-order valence-corrected chi connectivity index (χ2v) is 13.9. The first-order valence-corrected chi connectivity index (χ1v) is 18.0. The second kappa shape index (κ2) is 12.6. The van der Waals surface area contributed by atoms with Crippen molar-refractivity contribution in [2.24, 2.45) is 0 Å². The van der Waals surface area contributed by atoms with E-state index in [1.807, 2.05) is 30.3 Å². The summed E-state index contributed by atoms with van der Waals surface area (Å²) >= 11 is 0. The van der Waals surface area contributed by atoms with Gasteiger partial charge < -0.3 is 9.80 Å². The van der Waals surface area contributed by atoms with Crippen molar-refractivity contribution < 1.29 is 6.85 Å². The van der Waals surface area contributed by atoms with Gasteiger partial charge in [-0.15, -0.1) is 0 Å². The van der Waals surface area contributed by atoms with Crippen LogP contribution in [0.3, 0.4) is 0 Å². The Balaban J connectivity index is 1.01. The summed E-state index contributed by atoms with van der Waals surface area (Å²) in [5.74, 6) is 0. The summed E-state index contributed by atoms with van der Waals surface area (Å²) in [5.41, 5.74) is 18.3. The Bertz CT molecular complexity index is 2880. The van der Waals surface area contributed by atoms with Gasteiger partial charge in [-0.25, -0.2) is 0 Å². The molecule has 0 aromatic heterocycles. The van der Waals surface area contributed by atoms with Crippen LogP contribution in [0.25, 0.3) is 55.6 Å². The van der Waals surface area contributed by atoms with Crippen molar-refractivity contribution in [1.82, 2.24) is 0 Å². The molecule has 0 unspecified atom stereocenters. The van der Waals surface area contributed by atoms with Crippen LogP contribution in [0.2, 0.25) is 0 Å². The predicted molar refractivity (Wildman–Crippen MR) is 227 cm³/mol. The van der Waals surface area contributed by atoms with Crippen molar-refractivity contribution in [3.8, 4) is 55.6 Å². The summed E-state index contributed by atoms with van der Waals surface area (Å²) in [4.78, 5) is 4.70. The topological polar surface area (TPSA) is 6.48 Å². The highest BCUT2D eigenvalue weighted by atomic mass is 15.1. The van der Waals surface area contributed by atoms with E-state index < -0.39 is 6.04 Å². The summed E-state index contributed by atoms with van der Waals surface area (Å²) in [5, 5.41) is 0. The third-order valence-electron chi connectivity index (χ3n) is 10.9. The minimum absolute atomic E-state index is 0.165. The summed E-state index contributed by atoms with van der Waals surface area (Å²) in [6.07, 6.45) is 0. The highest BCUT2D eigenvalue weighted by Gasteiger charge is 2.40. The van der Waals surface area contributed by atoms with E-state index in [1.54, 1.807) is 6.07 Å². The normalized spacial score (nSPS) is 13.9. The Hall–Kier alpha value is -6.58. The molecule has 0 saturated heterocycles. The molecule has 3 heteroatoms. The lowest BCUT2D eigenvalue weighted by Gasteiger charge is -2.42. The number of para-hydroxylation sites is 2. The van der Waals surface area contributed by atoms with Gasteiger partial charge in [-0.1, -0.05) is 139 Å². The van der Waals surface area contributed by atoms with Gasteiger partial charge in [0, 0.05) is 36.8 Å². The van der Waals surface area contributed by atoms with Gasteiger partial charge in [0.25, 0.3) is 6.71 Å². The second-order valence-electron chi connectivity index (χ2n) is 13.9. The van der Waals surface area contributed by atoms with E-state index in [-0.39, 0.29) is 36.4 Å². The van der Waals surface area contributed by atoms with E-state index in [4.69, 9.17) is 6.85 Å². The number of rotatable bonds is 5. The molecule has 2 aliphatic rings. The maximum absolute atomic E-state index is 8.50. The molecule has 8 aromatic carbocycles. The van der Waals surface area contributed by atoms with Crippen LogP contribution in [0.5, 0.6) is 0 Å². The molecule has 0 atom stereocenters. The van der Waals surface area contributed by atoms with Crippen LogP contribution >= 0.6 is 0 Å². The van der Waals surface area contributed by atoms with Crippen LogP contribution in [0.15, 0.2) is 188 Å². The molecule has 0 saturated carbocycles. The van der Waals surface area contributed by atoms with Gasteiger partial charge >= 0.3 is 0 Å². The molecule has 0 spiro atoms. The molecule has 8 aromatic rings. The molecule has 2 heterocycles. The van der Waals surface area contributed by atoms with Gasteiger partial charge in [0.2, 0.25) is 0 Å². The summed E-state index contributed by atoms with van der Waals surface area (Å²) in [6, 6.07) is 54.1. The summed E-state index contributed by atoms with van der Waals surface area (Å²) in [7, 11) is 4.37. The third kappa shape index (κ3) is 5.28. The zero-order valence-electron chi connectivity index (χ0n) is 34.5. The number of hydrogen-bond acceptors (Lipinski definition) is 2. The van der Waals surface area contributed by atoms with Gasteiger partial charge in [0.05, 0.1) is 6.85 Å². The van der Waals surface area contributed by atoms with Crippen molar-refractivity contribution in [2.75, 3.05) is 23.9 Å². The van der Waals surface area contributed by atoms with E-state index in [0.29, 0.717) is 5.56 Å². The number of anilines is 4. The lowest BCUT2D eigenvalue weighted by Crippen LogP contribution is -2.61. The van der Waals surface area contributed by atoms with Gasteiger partial charge in [-0.3, -0.25) is 0 Å². The molecular weight excluding hydrogens is 639 g/mol. The SMILES string of the molecule is [2H]c1c([2H])c([2H])c(-c2cccc(-c3cccc(-c4cccc(-c5cccc(-c6cc7c8c(c6)N(C)c6ccccc6B8c6ccccc6N7C)c5)c4)c3)c2)c([2H])c1[2H]. The van der Waals surface area contributed by atoms with Crippen LogP contribution in [-0.4, -0.2) is 20.8 Å². The quantitative estimate of drug-likeness (QED) is 0.167. The first-order chi connectivity index (χ1) is 28.2. The Morgan fingerprint density at radius 3 is 1.13 bits per heavy atom. The first-order valence-electron chi connectivity index (χ1n) is 20.5. The zero-order valence-corrected chi connectivity index (χ0v) is 29.5. The molecule has 0 bridgehead atoms. The first kappa shape index (κ1) is 26.2. The molecule has 0 aliphatic carbocycles. The Morgan fingerprint density at radius 1 is 0.358 bits per heavy atom. The van der Waals surface area contributed by atoms with Crippen LogP contribution in [0.1, 0.15) is 6.85 Å². The fourth-order valence-corrected chi connectivity index (χ4v) is 8.34. The Morgan fingerprint density at radius 2 is 0.717 bits per heavy atom. The van der Waals surface area contributed by atoms with Crippen LogP contribution in [-0.2, 0) is 0 Å². The van der Waals surface area contributed by atoms with E-state index in [2.05, 4.69) is 145 Å². The molecule has 0 fully saturated rings.